The number of rotatable bonds is 5. The second-order valence-corrected chi connectivity index (χ2v) is 4.60. The molecule has 0 aliphatic heterocycles. The average molecular weight is 247 g/mol. The largest absolute Gasteiger partial charge is 0.497 e. The molecule has 0 saturated heterocycles. The standard InChI is InChI=1S/C14H21N3O/c1-4-5-10(9-15)14-16-12-8-11(18-3)6-7-13(12)17(14)2/h6-8,10H,4-5,9,15H2,1-3H3. The third-order valence-electron chi connectivity index (χ3n) is 3.41. The number of benzene rings is 1. The Bertz CT molecular complexity index is 533. The summed E-state index contributed by atoms with van der Waals surface area (Å²) in [5, 5.41) is 0. The number of hydrogen-bond donors (Lipinski definition) is 1. The monoisotopic (exact) mass is 247 g/mol. The molecule has 0 radical (unpaired) electrons. The van der Waals surface area contributed by atoms with Crippen LogP contribution in [0.15, 0.2) is 18.2 Å². The number of fused-ring (bicyclic) bond motifs is 1. The Morgan fingerprint density at radius 3 is 2.83 bits per heavy atom. The molecule has 2 aromatic rings. The van der Waals surface area contributed by atoms with Gasteiger partial charge in [0.2, 0.25) is 0 Å². The van der Waals surface area contributed by atoms with Gasteiger partial charge in [0.15, 0.2) is 0 Å². The molecule has 4 heteroatoms. The summed E-state index contributed by atoms with van der Waals surface area (Å²) in [6, 6.07) is 5.98. The second kappa shape index (κ2) is 5.40. The van der Waals surface area contributed by atoms with Gasteiger partial charge in [-0.15, -0.1) is 0 Å². The fraction of sp³-hybridized carbons (Fsp3) is 0.500. The van der Waals surface area contributed by atoms with E-state index in [9.17, 15) is 0 Å². The molecule has 0 amide bonds. The van der Waals surface area contributed by atoms with Crippen LogP contribution in [0, 0.1) is 0 Å². The minimum atomic E-state index is 0.332. The van der Waals surface area contributed by atoms with Crippen LogP contribution in [-0.2, 0) is 7.05 Å². The lowest BCUT2D eigenvalue weighted by Gasteiger charge is -2.13. The molecular weight excluding hydrogens is 226 g/mol. The maximum atomic E-state index is 5.86. The van der Waals surface area contributed by atoms with Crippen molar-refractivity contribution < 1.29 is 4.74 Å². The van der Waals surface area contributed by atoms with E-state index in [1.54, 1.807) is 7.11 Å². The lowest BCUT2D eigenvalue weighted by Crippen LogP contribution is -2.16. The van der Waals surface area contributed by atoms with Crippen LogP contribution in [0.1, 0.15) is 31.5 Å². The lowest BCUT2D eigenvalue weighted by molar-refractivity contribution is 0.415. The van der Waals surface area contributed by atoms with E-state index in [2.05, 4.69) is 18.5 Å². The molecule has 0 saturated carbocycles. The molecule has 1 aromatic heterocycles. The van der Waals surface area contributed by atoms with Gasteiger partial charge in [-0.05, 0) is 18.6 Å². The van der Waals surface area contributed by atoms with E-state index in [0.717, 1.165) is 35.4 Å². The highest BCUT2D eigenvalue weighted by Crippen LogP contribution is 2.26. The molecular formula is C14H21N3O. The molecule has 18 heavy (non-hydrogen) atoms. The van der Waals surface area contributed by atoms with Gasteiger partial charge in [0.1, 0.15) is 11.6 Å². The summed E-state index contributed by atoms with van der Waals surface area (Å²) in [6.45, 7) is 2.82. The highest BCUT2D eigenvalue weighted by Gasteiger charge is 2.16. The zero-order valence-electron chi connectivity index (χ0n) is 11.3. The summed E-state index contributed by atoms with van der Waals surface area (Å²) >= 11 is 0. The SMILES string of the molecule is CCCC(CN)c1nc2cc(OC)ccc2n1C. The Balaban J connectivity index is 2.48. The van der Waals surface area contributed by atoms with Crippen molar-refractivity contribution in [2.24, 2.45) is 12.8 Å². The number of methoxy groups -OCH3 is 1. The molecule has 1 atom stereocenters. The first-order chi connectivity index (χ1) is 8.71. The van der Waals surface area contributed by atoms with Gasteiger partial charge < -0.3 is 15.0 Å². The summed E-state index contributed by atoms with van der Waals surface area (Å²) in [5.74, 6) is 2.24. The lowest BCUT2D eigenvalue weighted by atomic mass is 10.0. The van der Waals surface area contributed by atoms with Crippen molar-refractivity contribution in [1.82, 2.24) is 9.55 Å². The van der Waals surface area contributed by atoms with Gasteiger partial charge in [-0.1, -0.05) is 13.3 Å². The third kappa shape index (κ3) is 2.20. The van der Waals surface area contributed by atoms with Crippen molar-refractivity contribution in [2.75, 3.05) is 13.7 Å². The maximum absolute atomic E-state index is 5.86. The molecule has 2 rings (SSSR count). The van der Waals surface area contributed by atoms with Crippen molar-refractivity contribution >= 4 is 11.0 Å². The van der Waals surface area contributed by atoms with E-state index in [-0.39, 0.29) is 0 Å². The number of imidazole rings is 1. The van der Waals surface area contributed by atoms with Crippen LogP contribution >= 0.6 is 0 Å². The molecule has 0 bridgehead atoms. The van der Waals surface area contributed by atoms with Crippen molar-refractivity contribution in [1.29, 1.82) is 0 Å². The number of aromatic nitrogens is 2. The van der Waals surface area contributed by atoms with Crippen LogP contribution in [0.4, 0.5) is 0 Å². The van der Waals surface area contributed by atoms with Gasteiger partial charge in [-0.3, -0.25) is 0 Å². The van der Waals surface area contributed by atoms with Crippen LogP contribution in [0.5, 0.6) is 5.75 Å². The Morgan fingerprint density at radius 2 is 2.22 bits per heavy atom. The molecule has 0 aliphatic carbocycles. The van der Waals surface area contributed by atoms with Crippen LogP contribution in [0.3, 0.4) is 0 Å². The number of ether oxygens (including phenoxy) is 1. The first-order valence-electron chi connectivity index (χ1n) is 6.41. The minimum absolute atomic E-state index is 0.332. The molecule has 1 unspecified atom stereocenters. The minimum Gasteiger partial charge on any atom is -0.497 e. The smallest absolute Gasteiger partial charge is 0.121 e. The molecule has 0 aliphatic rings. The first-order valence-corrected chi connectivity index (χ1v) is 6.41. The number of nitrogens with zero attached hydrogens (tertiary/aromatic N) is 2. The summed E-state index contributed by atoms with van der Waals surface area (Å²) < 4.78 is 7.37. The molecule has 0 spiro atoms. The summed E-state index contributed by atoms with van der Waals surface area (Å²) in [6.07, 6.45) is 2.19. The number of nitrogens with two attached hydrogens (primary N) is 1. The van der Waals surface area contributed by atoms with Gasteiger partial charge in [0.25, 0.3) is 0 Å². The fourth-order valence-corrected chi connectivity index (χ4v) is 2.39. The van der Waals surface area contributed by atoms with Gasteiger partial charge in [-0.2, -0.15) is 0 Å². The van der Waals surface area contributed by atoms with E-state index in [1.165, 1.54) is 0 Å². The summed E-state index contributed by atoms with van der Waals surface area (Å²) in [4.78, 5) is 4.71. The Morgan fingerprint density at radius 1 is 1.44 bits per heavy atom. The summed E-state index contributed by atoms with van der Waals surface area (Å²) in [5.41, 5.74) is 7.96. The molecule has 4 nitrogen and oxygen atoms in total. The Hall–Kier alpha value is -1.55. The van der Waals surface area contributed by atoms with Crippen LogP contribution < -0.4 is 10.5 Å². The van der Waals surface area contributed by atoms with E-state index >= 15 is 0 Å². The van der Waals surface area contributed by atoms with Crippen molar-refractivity contribution in [2.45, 2.75) is 25.7 Å². The van der Waals surface area contributed by atoms with E-state index < -0.39 is 0 Å². The average Bonchev–Trinajstić information content (AvgIpc) is 2.72. The quantitative estimate of drug-likeness (QED) is 0.882. The van der Waals surface area contributed by atoms with Crippen molar-refractivity contribution in [3.8, 4) is 5.75 Å². The normalized spacial score (nSPS) is 12.9. The van der Waals surface area contributed by atoms with Crippen LogP contribution in [0.2, 0.25) is 0 Å². The molecule has 2 N–H and O–H groups in total. The fourth-order valence-electron chi connectivity index (χ4n) is 2.39. The van der Waals surface area contributed by atoms with Crippen LogP contribution in [-0.4, -0.2) is 23.2 Å². The summed E-state index contributed by atoms with van der Waals surface area (Å²) in [7, 11) is 3.72. The van der Waals surface area contributed by atoms with E-state index in [4.69, 9.17) is 15.5 Å². The third-order valence-corrected chi connectivity index (χ3v) is 3.41. The van der Waals surface area contributed by atoms with Crippen molar-refractivity contribution in [3.05, 3.63) is 24.0 Å². The molecule has 1 aromatic carbocycles. The zero-order valence-corrected chi connectivity index (χ0v) is 11.3. The highest BCUT2D eigenvalue weighted by atomic mass is 16.5. The van der Waals surface area contributed by atoms with Crippen molar-refractivity contribution in [3.63, 3.8) is 0 Å². The molecule has 1 heterocycles. The van der Waals surface area contributed by atoms with Crippen LogP contribution in [0.25, 0.3) is 11.0 Å². The van der Waals surface area contributed by atoms with E-state index in [0.29, 0.717) is 12.5 Å². The molecule has 98 valence electrons. The predicted molar refractivity (Wildman–Crippen MR) is 74.0 cm³/mol. The second-order valence-electron chi connectivity index (χ2n) is 4.60. The zero-order chi connectivity index (χ0) is 13.1. The van der Waals surface area contributed by atoms with Gasteiger partial charge in [-0.25, -0.2) is 4.98 Å². The van der Waals surface area contributed by atoms with E-state index in [1.807, 2.05) is 18.2 Å². The maximum Gasteiger partial charge on any atom is 0.121 e. The van der Waals surface area contributed by atoms with Gasteiger partial charge >= 0.3 is 0 Å². The number of hydrogen-bond acceptors (Lipinski definition) is 3. The Labute approximate surface area is 108 Å². The van der Waals surface area contributed by atoms with Gasteiger partial charge in [0.05, 0.1) is 18.1 Å². The predicted octanol–water partition coefficient (Wildman–Crippen LogP) is 2.42. The van der Waals surface area contributed by atoms with Gasteiger partial charge in [0, 0.05) is 25.6 Å². The highest BCUT2D eigenvalue weighted by molar-refractivity contribution is 5.77. The first kappa shape index (κ1) is 12.9. The Kier molecular flexibility index (Phi) is 3.87. The topological polar surface area (TPSA) is 53.1 Å². The number of aryl methyl sites for hydroxylation is 1. The molecule has 0 fully saturated rings.